The molecule has 0 saturated heterocycles. The van der Waals surface area contributed by atoms with Gasteiger partial charge >= 0.3 is 0 Å². The number of benzene rings is 2. The first kappa shape index (κ1) is 18.9. The summed E-state index contributed by atoms with van der Waals surface area (Å²) in [4.78, 5) is 4.20. The maximum Gasteiger partial charge on any atom is 0.118 e. The summed E-state index contributed by atoms with van der Waals surface area (Å²) in [5, 5.41) is 10.9. The minimum absolute atomic E-state index is 0.606. The van der Waals surface area contributed by atoms with Gasteiger partial charge in [-0.25, -0.2) is 0 Å². The summed E-state index contributed by atoms with van der Waals surface area (Å²) >= 11 is 6.06. The number of rotatable bonds is 7. The van der Waals surface area contributed by atoms with E-state index >= 15 is 0 Å². The summed E-state index contributed by atoms with van der Waals surface area (Å²) in [7, 11) is 1.66. The van der Waals surface area contributed by atoms with Gasteiger partial charge in [-0.05, 0) is 66.3 Å². The molecule has 0 spiro atoms. The average Bonchev–Trinajstić information content (AvgIpc) is 2.73. The Morgan fingerprint density at radius 1 is 1.04 bits per heavy atom. The molecule has 3 aromatic rings. The van der Waals surface area contributed by atoms with Crippen LogP contribution in [0.3, 0.4) is 0 Å². The molecule has 0 aliphatic carbocycles. The lowest BCUT2D eigenvalue weighted by molar-refractivity contribution is 0.414. The van der Waals surface area contributed by atoms with Gasteiger partial charge < -0.3 is 4.74 Å². The van der Waals surface area contributed by atoms with Crippen LogP contribution in [0.25, 0.3) is 0 Å². The second-order valence-electron chi connectivity index (χ2n) is 6.59. The summed E-state index contributed by atoms with van der Waals surface area (Å²) in [6.45, 7) is 0. The Bertz CT molecular complexity index is 902. The first-order chi connectivity index (χ1) is 13.1. The van der Waals surface area contributed by atoms with Crippen molar-refractivity contribution in [2.75, 3.05) is 7.11 Å². The molecule has 0 fully saturated rings. The monoisotopic (exact) mass is 376 g/mol. The zero-order valence-electron chi connectivity index (χ0n) is 15.2. The minimum Gasteiger partial charge on any atom is -0.497 e. The van der Waals surface area contributed by atoms with Gasteiger partial charge in [-0.3, -0.25) is 4.98 Å². The zero-order valence-corrected chi connectivity index (χ0v) is 16.0. The molecule has 1 atom stereocenters. The fourth-order valence-corrected chi connectivity index (χ4v) is 3.39. The maximum absolute atomic E-state index is 10.2. The summed E-state index contributed by atoms with van der Waals surface area (Å²) in [6.07, 6.45) is 5.68. The van der Waals surface area contributed by atoms with E-state index < -0.39 is 5.41 Å². The van der Waals surface area contributed by atoms with Crippen molar-refractivity contribution in [1.82, 2.24) is 4.98 Å². The lowest BCUT2D eigenvalue weighted by Gasteiger charge is -2.27. The average molecular weight is 377 g/mol. The highest BCUT2D eigenvalue weighted by Gasteiger charge is 2.32. The van der Waals surface area contributed by atoms with Crippen LogP contribution in [0.15, 0.2) is 73.1 Å². The Kier molecular flexibility index (Phi) is 6.11. The molecule has 27 heavy (non-hydrogen) atoms. The Balaban J connectivity index is 1.90. The van der Waals surface area contributed by atoms with Gasteiger partial charge in [0.25, 0.3) is 0 Å². The molecule has 0 aliphatic heterocycles. The first-order valence-electron chi connectivity index (χ1n) is 8.84. The van der Waals surface area contributed by atoms with Crippen LogP contribution in [0.4, 0.5) is 0 Å². The van der Waals surface area contributed by atoms with Crippen molar-refractivity contribution in [2.24, 2.45) is 0 Å². The number of aromatic nitrogens is 1. The van der Waals surface area contributed by atoms with E-state index in [9.17, 15) is 5.26 Å². The van der Waals surface area contributed by atoms with Crippen LogP contribution >= 0.6 is 11.6 Å². The zero-order chi connectivity index (χ0) is 19.1. The third-order valence-corrected chi connectivity index (χ3v) is 5.09. The number of nitrogens with zero attached hydrogens (tertiary/aromatic N) is 2. The van der Waals surface area contributed by atoms with E-state index in [-0.39, 0.29) is 0 Å². The number of methoxy groups -OCH3 is 1. The number of aryl methyl sites for hydroxylation is 1. The van der Waals surface area contributed by atoms with Crippen molar-refractivity contribution in [3.63, 3.8) is 0 Å². The van der Waals surface area contributed by atoms with E-state index in [2.05, 4.69) is 11.1 Å². The van der Waals surface area contributed by atoms with Crippen molar-refractivity contribution in [1.29, 1.82) is 5.26 Å². The molecule has 0 radical (unpaired) electrons. The van der Waals surface area contributed by atoms with Crippen molar-refractivity contribution in [3.05, 3.63) is 94.8 Å². The minimum atomic E-state index is -0.645. The van der Waals surface area contributed by atoms with Gasteiger partial charge in [0.15, 0.2) is 0 Å². The van der Waals surface area contributed by atoms with Crippen LogP contribution in [0.1, 0.15) is 23.1 Å². The third-order valence-electron chi connectivity index (χ3n) is 4.84. The van der Waals surface area contributed by atoms with Gasteiger partial charge in [-0.15, -0.1) is 0 Å². The predicted octanol–water partition coefficient (Wildman–Crippen LogP) is 5.38. The molecular formula is C23H21ClN2O. The second-order valence-corrected chi connectivity index (χ2v) is 7.02. The molecule has 0 amide bonds. The number of hydrogen-bond acceptors (Lipinski definition) is 3. The molecule has 1 unspecified atom stereocenters. The van der Waals surface area contributed by atoms with Crippen LogP contribution in [0.2, 0.25) is 5.02 Å². The van der Waals surface area contributed by atoms with Gasteiger partial charge in [-0.2, -0.15) is 5.26 Å². The topological polar surface area (TPSA) is 45.9 Å². The summed E-state index contributed by atoms with van der Waals surface area (Å²) in [6, 6.07) is 22.1. The number of nitriles is 1. The molecule has 3 rings (SSSR count). The second kappa shape index (κ2) is 8.70. The SMILES string of the molecule is COc1ccc(CCC(C#N)(Cc2cccnc2)c2ccc(Cl)cc2)cc1. The molecule has 136 valence electrons. The first-order valence-corrected chi connectivity index (χ1v) is 9.22. The van der Waals surface area contributed by atoms with Crippen LogP contribution in [-0.2, 0) is 18.3 Å². The fourth-order valence-electron chi connectivity index (χ4n) is 3.26. The van der Waals surface area contributed by atoms with Crippen LogP contribution in [0.5, 0.6) is 5.75 Å². The van der Waals surface area contributed by atoms with Crippen molar-refractivity contribution < 1.29 is 4.74 Å². The predicted molar refractivity (Wildman–Crippen MR) is 108 cm³/mol. The van der Waals surface area contributed by atoms with Crippen molar-refractivity contribution >= 4 is 11.6 Å². The number of ether oxygens (including phenoxy) is 1. The molecule has 1 heterocycles. The van der Waals surface area contributed by atoms with E-state index in [0.717, 1.165) is 23.3 Å². The molecule has 1 aromatic heterocycles. The molecular weight excluding hydrogens is 356 g/mol. The van der Waals surface area contributed by atoms with E-state index in [1.165, 1.54) is 5.56 Å². The summed E-state index contributed by atoms with van der Waals surface area (Å²) in [5.74, 6) is 0.832. The van der Waals surface area contributed by atoms with Gasteiger partial charge in [0.05, 0.1) is 18.6 Å². The summed E-state index contributed by atoms with van der Waals surface area (Å²) in [5.41, 5.74) is 2.55. The molecule has 0 aliphatic rings. The molecule has 0 N–H and O–H groups in total. The number of halogens is 1. The summed E-state index contributed by atoms with van der Waals surface area (Å²) < 4.78 is 5.22. The largest absolute Gasteiger partial charge is 0.497 e. The normalized spacial score (nSPS) is 12.8. The standard InChI is InChI=1S/C23H21ClN2O/c1-27-22-10-4-18(5-11-22)12-13-23(17-25,15-19-3-2-14-26-16-19)20-6-8-21(24)9-7-20/h2-11,14,16H,12-13,15H2,1H3. The number of hydrogen-bond donors (Lipinski definition) is 0. The molecule has 2 aromatic carbocycles. The van der Waals surface area contributed by atoms with Gasteiger partial charge in [0, 0.05) is 17.4 Å². The van der Waals surface area contributed by atoms with Gasteiger partial charge in [0.2, 0.25) is 0 Å². The third kappa shape index (κ3) is 4.67. The van der Waals surface area contributed by atoms with E-state index in [4.69, 9.17) is 16.3 Å². The molecule has 0 saturated carbocycles. The van der Waals surface area contributed by atoms with Crippen LogP contribution in [-0.4, -0.2) is 12.1 Å². The van der Waals surface area contributed by atoms with Gasteiger partial charge in [0.1, 0.15) is 5.75 Å². The van der Waals surface area contributed by atoms with Crippen LogP contribution in [0, 0.1) is 11.3 Å². The van der Waals surface area contributed by atoms with Crippen molar-refractivity contribution in [2.45, 2.75) is 24.7 Å². The Labute approximate surface area is 165 Å². The Morgan fingerprint density at radius 3 is 2.37 bits per heavy atom. The van der Waals surface area contributed by atoms with E-state index in [0.29, 0.717) is 17.9 Å². The van der Waals surface area contributed by atoms with Crippen LogP contribution < -0.4 is 4.74 Å². The maximum atomic E-state index is 10.2. The quantitative estimate of drug-likeness (QED) is 0.556. The fraction of sp³-hybridized carbons (Fsp3) is 0.217. The van der Waals surface area contributed by atoms with E-state index in [1.807, 2.05) is 66.9 Å². The number of pyridine rings is 1. The highest BCUT2D eigenvalue weighted by molar-refractivity contribution is 6.30. The molecule has 0 bridgehead atoms. The molecule has 4 heteroatoms. The Hall–Kier alpha value is -2.83. The smallest absolute Gasteiger partial charge is 0.118 e. The highest BCUT2D eigenvalue weighted by atomic mass is 35.5. The molecule has 3 nitrogen and oxygen atoms in total. The lowest BCUT2D eigenvalue weighted by Crippen LogP contribution is -2.28. The van der Waals surface area contributed by atoms with Crippen molar-refractivity contribution in [3.8, 4) is 11.8 Å². The van der Waals surface area contributed by atoms with Gasteiger partial charge in [-0.1, -0.05) is 41.9 Å². The lowest BCUT2D eigenvalue weighted by atomic mass is 9.73. The Morgan fingerprint density at radius 2 is 1.78 bits per heavy atom. The van der Waals surface area contributed by atoms with E-state index in [1.54, 1.807) is 13.3 Å². The highest BCUT2D eigenvalue weighted by Crippen LogP contribution is 2.34.